The average Bonchev–Trinajstić information content (AvgIpc) is 2.97. The van der Waals surface area contributed by atoms with Crippen molar-refractivity contribution in [2.45, 2.75) is 32.2 Å². The molecule has 2 amide bonds. The van der Waals surface area contributed by atoms with Crippen molar-refractivity contribution in [1.82, 2.24) is 14.6 Å². The topological polar surface area (TPSA) is 91.4 Å². The Balaban J connectivity index is 1.51. The summed E-state index contributed by atoms with van der Waals surface area (Å²) < 4.78 is 26.7. The normalized spacial score (nSPS) is 16.8. The van der Waals surface area contributed by atoms with Crippen molar-refractivity contribution in [2.24, 2.45) is 0 Å². The molecule has 136 valence electrons. The highest BCUT2D eigenvalue weighted by atomic mass is 32.2. The molecular weight excluding hydrogens is 360 g/mol. The van der Waals surface area contributed by atoms with Gasteiger partial charge < -0.3 is 5.32 Å². The molecule has 2 aromatic rings. The van der Waals surface area contributed by atoms with Gasteiger partial charge >= 0.3 is 6.03 Å². The zero-order valence-electron chi connectivity index (χ0n) is 14.1. The Hall–Kier alpha value is -1.71. The number of benzene rings is 1. The Morgan fingerprint density at radius 2 is 2.04 bits per heavy atom. The van der Waals surface area contributed by atoms with Crippen LogP contribution in [0.25, 0.3) is 10.2 Å². The first-order valence-electron chi connectivity index (χ1n) is 8.39. The van der Waals surface area contributed by atoms with Crippen molar-refractivity contribution in [3.05, 3.63) is 24.3 Å². The summed E-state index contributed by atoms with van der Waals surface area (Å²) >= 11 is 1.43. The van der Waals surface area contributed by atoms with Crippen molar-refractivity contribution in [2.75, 3.05) is 24.2 Å². The van der Waals surface area contributed by atoms with Crippen LogP contribution in [0.4, 0.5) is 9.93 Å². The number of nitrogens with one attached hydrogen (secondary N) is 2. The Bertz CT molecular complexity index is 809. The van der Waals surface area contributed by atoms with E-state index in [4.69, 9.17) is 0 Å². The van der Waals surface area contributed by atoms with Crippen LogP contribution in [0.1, 0.15) is 26.2 Å². The van der Waals surface area contributed by atoms with Crippen LogP contribution in [0.3, 0.4) is 0 Å². The number of hydrogen-bond acceptors (Lipinski definition) is 5. The van der Waals surface area contributed by atoms with Crippen LogP contribution in [0.15, 0.2) is 24.3 Å². The Kier molecular flexibility index (Phi) is 5.55. The van der Waals surface area contributed by atoms with Crippen LogP contribution in [0, 0.1) is 0 Å². The number of nitrogens with zero attached hydrogens (tertiary/aromatic N) is 2. The van der Waals surface area contributed by atoms with Crippen LogP contribution in [-0.4, -0.2) is 48.6 Å². The summed E-state index contributed by atoms with van der Waals surface area (Å²) in [6.07, 6.45) is 1.86. The summed E-state index contributed by atoms with van der Waals surface area (Å²) in [5.41, 5.74) is 0.859. The number of aromatic nitrogens is 1. The number of amides is 2. The molecule has 2 N–H and O–H groups in total. The second-order valence-corrected chi connectivity index (χ2v) is 9.19. The maximum Gasteiger partial charge on any atom is 0.321 e. The Morgan fingerprint density at radius 3 is 2.72 bits per heavy atom. The van der Waals surface area contributed by atoms with E-state index in [1.54, 1.807) is 0 Å². The number of para-hydroxylation sites is 1. The fraction of sp³-hybridized carbons (Fsp3) is 0.500. The molecule has 9 heteroatoms. The second kappa shape index (κ2) is 7.67. The smallest absolute Gasteiger partial charge is 0.321 e. The minimum atomic E-state index is -3.15. The number of carbonyl (C=O) groups is 1. The van der Waals surface area contributed by atoms with E-state index < -0.39 is 10.0 Å². The standard InChI is InChI=1S/C16H22N4O3S2/c1-2-11-25(22,23)20-9-7-12(8-10-20)17-15(21)19-16-18-13-5-3-4-6-14(13)24-16/h3-6,12H,2,7-11H2,1H3,(H2,17,18,19,21). The average molecular weight is 383 g/mol. The molecule has 0 aliphatic carbocycles. The van der Waals surface area contributed by atoms with Crippen LogP contribution >= 0.6 is 11.3 Å². The van der Waals surface area contributed by atoms with Gasteiger partial charge in [0.1, 0.15) is 0 Å². The van der Waals surface area contributed by atoms with E-state index in [0.29, 0.717) is 37.5 Å². The summed E-state index contributed by atoms with van der Waals surface area (Å²) in [5, 5.41) is 6.23. The molecule has 0 radical (unpaired) electrons. The third kappa shape index (κ3) is 4.47. The lowest BCUT2D eigenvalue weighted by atomic mass is 10.1. The van der Waals surface area contributed by atoms with Gasteiger partial charge in [0, 0.05) is 19.1 Å². The number of thiazole rings is 1. The monoisotopic (exact) mass is 382 g/mol. The number of fused-ring (bicyclic) bond motifs is 1. The molecule has 1 aliphatic heterocycles. The fourth-order valence-corrected chi connectivity index (χ4v) is 5.31. The number of urea groups is 1. The summed E-state index contributed by atoms with van der Waals surface area (Å²) in [6, 6.07) is 7.39. The molecule has 1 saturated heterocycles. The van der Waals surface area contributed by atoms with Crippen molar-refractivity contribution in [3.63, 3.8) is 0 Å². The molecule has 0 spiro atoms. The molecule has 1 aliphatic rings. The largest absolute Gasteiger partial charge is 0.335 e. The van der Waals surface area contributed by atoms with E-state index >= 15 is 0 Å². The van der Waals surface area contributed by atoms with Gasteiger partial charge in [-0.1, -0.05) is 30.4 Å². The highest BCUT2D eigenvalue weighted by molar-refractivity contribution is 7.89. The predicted molar refractivity (Wildman–Crippen MR) is 100 cm³/mol. The van der Waals surface area contributed by atoms with Gasteiger partial charge in [0.25, 0.3) is 0 Å². The summed E-state index contributed by atoms with van der Waals surface area (Å²) in [4.78, 5) is 16.5. The van der Waals surface area contributed by atoms with Crippen molar-refractivity contribution < 1.29 is 13.2 Å². The number of sulfonamides is 1. The predicted octanol–water partition coefficient (Wildman–Crippen LogP) is 2.62. The first kappa shape index (κ1) is 18.1. The zero-order chi connectivity index (χ0) is 17.9. The maximum atomic E-state index is 12.2. The van der Waals surface area contributed by atoms with E-state index in [1.165, 1.54) is 15.6 Å². The van der Waals surface area contributed by atoms with E-state index in [0.717, 1.165) is 10.2 Å². The van der Waals surface area contributed by atoms with Gasteiger partial charge in [-0.15, -0.1) is 0 Å². The molecule has 3 rings (SSSR count). The maximum absolute atomic E-state index is 12.2. The molecule has 25 heavy (non-hydrogen) atoms. The number of piperidine rings is 1. The van der Waals surface area contributed by atoms with Gasteiger partial charge in [-0.3, -0.25) is 5.32 Å². The van der Waals surface area contributed by atoms with Gasteiger partial charge in [-0.2, -0.15) is 0 Å². The van der Waals surface area contributed by atoms with Crippen molar-refractivity contribution in [1.29, 1.82) is 0 Å². The van der Waals surface area contributed by atoms with Gasteiger partial charge in [0.05, 0.1) is 16.0 Å². The van der Waals surface area contributed by atoms with E-state index in [2.05, 4.69) is 15.6 Å². The Morgan fingerprint density at radius 1 is 1.32 bits per heavy atom. The van der Waals surface area contributed by atoms with E-state index in [-0.39, 0.29) is 17.8 Å². The van der Waals surface area contributed by atoms with Gasteiger partial charge in [0.15, 0.2) is 5.13 Å². The quantitative estimate of drug-likeness (QED) is 0.831. The molecule has 1 aromatic carbocycles. The molecule has 0 saturated carbocycles. The van der Waals surface area contributed by atoms with Gasteiger partial charge in [-0.05, 0) is 31.4 Å². The SMILES string of the molecule is CCCS(=O)(=O)N1CCC(NC(=O)Nc2nc3ccccc3s2)CC1. The molecule has 0 atom stereocenters. The van der Waals surface area contributed by atoms with Crippen LogP contribution in [-0.2, 0) is 10.0 Å². The minimum absolute atomic E-state index is 0.0255. The molecule has 0 unspecified atom stereocenters. The molecule has 7 nitrogen and oxygen atoms in total. The first-order chi connectivity index (χ1) is 12.0. The number of rotatable bonds is 5. The highest BCUT2D eigenvalue weighted by Gasteiger charge is 2.28. The highest BCUT2D eigenvalue weighted by Crippen LogP contribution is 2.25. The second-order valence-electron chi connectivity index (χ2n) is 6.07. The third-order valence-electron chi connectivity index (χ3n) is 4.16. The van der Waals surface area contributed by atoms with Crippen LogP contribution < -0.4 is 10.6 Å². The number of carbonyl (C=O) groups excluding carboxylic acids is 1. The van der Waals surface area contributed by atoms with Crippen LogP contribution in [0.5, 0.6) is 0 Å². The number of hydrogen-bond donors (Lipinski definition) is 2. The lowest BCUT2D eigenvalue weighted by molar-refractivity contribution is 0.238. The Labute approximate surface area is 151 Å². The van der Waals surface area contributed by atoms with Crippen molar-refractivity contribution >= 4 is 42.7 Å². The van der Waals surface area contributed by atoms with E-state index in [9.17, 15) is 13.2 Å². The zero-order valence-corrected chi connectivity index (χ0v) is 15.7. The molecule has 0 bridgehead atoms. The van der Waals surface area contributed by atoms with Crippen molar-refractivity contribution in [3.8, 4) is 0 Å². The molecule has 1 aromatic heterocycles. The fourth-order valence-electron chi connectivity index (χ4n) is 2.91. The first-order valence-corrected chi connectivity index (χ1v) is 10.8. The minimum Gasteiger partial charge on any atom is -0.335 e. The summed E-state index contributed by atoms with van der Waals surface area (Å²) in [7, 11) is -3.15. The third-order valence-corrected chi connectivity index (χ3v) is 7.19. The molecule has 2 heterocycles. The lowest BCUT2D eigenvalue weighted by Crippen LogP contribution is -2.47. The van der Waals surface area contributed by atoms with Gasteiger partial charge in [0.2, 0.25) is 10.0 Å². The summed E-state index contributed by atoms with van der Waals surface area (Å²) in [6.45, 7) is 2.76. The van der Waals surface area contributed by atoms with E-state index in [1.807, 2.05) is 31.2 Å². The molecular formula is C16H22N4O3S2. The van der Waals surface area contributed by atoms with Gasteiger partial charge in [-0.25, -0.2) is 22.5 Å². The van der Waals surface area contributed by atoms with Crippen LogP contribution in [0.2, 0.25) is 0 Å². The number of anilines is 1. The summed E-state index contributed by atoms with van der Waals surface area (Å²) in [5.74, 6) is 0.184. The lowest BCUT2D eigenvalue weighted by Gasteiger charge is -2.31. The molecule has 1 fully saturated rings.